The second-order valence-corrected chi connectivity index (χ2v) is 14.5. The molecule has 0 N–H and O–H groups in total. The Kier molecular flexibility index (Phi) is 6.86. The number of ketones is 2. The van der Waals surface area contributed by atoms with Gasteiger partial charge < -0.3 is 0 Å². The molecule has 2 heteroatoms. The third kappa shape index (κ3) is 4.70. The van der Waals surface area contributed by atoms with Crippen molar-refractivity contribution in [1.82, 2.24) is 0 Å². The predicted molar refractivity (Wildman–Crippen MR) is 205 cm³/mol. The van der Waals surface area contributed by atoms with Crippen LogP contribution >= 0.6 is 0 Å². The molecule has 0 saturated carbocycles. The van der Waals surface area contributed by atoms with E-state index in [1.165, 1.54) is 49.7 Å². The lowest BCUT2D eigenvalue weighted by Gasteiger charge is -2.26. The van der Waals surface area contributed by atoms with Gasteiger partial charge in [0, 0.05) is 22.5 Å². The Labute approximate surface area is 292 Å². The van der Waals surface area contributed by atoms with Crippen molar-refractivity contribution < 1.29 is 9.59 Å². The molecule has 0 fully saturated rings. The monoisotopic (exact) mass is 644 g/mol. The highest BCUT2D eigenvalue weighted by atomic mass is 16.2. The Hall–Kier alpha value is -5.86. The van der Waals surface area contributed by atoms with Crippen LogP contribution in [-0.2, 0) is 5.41 Å². The van der Waals surface area contributed by atoms with Crippen LogP contribution in [-0.4, -0.2) is 11.6 Å². The van der Waals surface area contributed by atoms with Crippen molar-refractivity contribution in [2.24, 2.45) is 0 Å². The minimum absolute atomic E-state index is 0.198. The molecule has 240 valence electrons. The van der Waals surface area contributed by atoms with E-state index in [0.29, 0.717) is 17.0 Å². The number of hydrogen-bond donors (Lipinski definition) is 0. The van der Waals surface area contributed by atoms with Gasteiger partial charge in [-0.05, 0) is 102 Å². The maximum atomic E-state index is 13.5. The predicted octanol–water partition coefficient (Wildman–Crippen LogP) is 11.7. The second-order valence-electron chi connectivity index (χ2n) is 14.5. The average molecular weight is 645 g/mol. The van der Waals surface area contributed by atoms with E-state index in [4.69, 9.17) is 0 Å². The van der Waals surface area contributed by atoms with Crippen molar-refractivity contribution in [2.45, 2.75) is 38.0 Å². The summed E-state index contributed by atoms with van der Waals surface area (Å²) in [6.07, 6.45) is 1.79. The number of fused-ring (bicyclic) bond motifs is 6. The zero-order chi connectivity index (χ0) is 34.1. The van der Waals surface area contributed by atoms with Crippen molar-refractivity contribution in [3.8, 4) is 11.1 Å². The van der Waals surface area contributed by atoms with Crippen LogP contribution in [0.15, 0.2) is 151 Å². The van der Waals surface area contributed by atoms with Crippen LogP contribution in [0.2, 0.25) is 0 Å². The zero-order valence-electron chi connectivity index (χ0n) is 28.4. The summed E-state index contributed by atoms with van der Waals surface area (Å²) in [5.41, 5.74) is 10.7. The van der Waals surface area contributed by atoms with E-state index in [-0.39, 0.29) is 28.5 Å². The van der Waals surface area contributed by atoms with Crippen molar-refractivity contribution in [2.75, 3.05) is 0 Å². The van der Waals surface area contributed by atoms with Gasteiger partial charge in [-0.1, -0.05) is 142 Å². The van der Waals surface area contributed by atoms with Crippen LogP contribution in [0.4, 0.5) is 0 Å². The van der Waals surface area contributed by atoms with Crippen LogP contribution in [0.3, 0.4) is 0 Å². The molecule has 0 aromatic heterocycles. The number of carbonyl (C=O) groups excluding carboxylic acids is 2. The largest absolute Gasteiger partial charge is 0.288 e. The smallest absolute Gasteiger partial charge is 0.197 e. The first-order valence-corrected chi connectivity index (χ1v) is 17.4. The number of allylic oxidation sites excluding steroid dienone is 1. The lowest BCUT2D eigenvalue weighted by atomic mass is 9.77. The first kappa shape index (κ1) is 30.2. The fraction of sp³-hybridized carbons (Fsp3) is 0.125. The van der Waals surface area contributed by atoms with Crippen LogP contribution < -0.4 is 0 Å². The Morgan fingerprint density at radius 2 is 1.04 bits per heavy atom. The quantitative estimate of drug-likeness (QED) is 0.138. The van der Waals surface area contributed by atoms with E-state index < -0.39 is 0 Å². The third-order valence-electron chi connectivity index (χ3n) is 11.2. The summed E-state index contributed by atoms with van der Waals surface area (Å²) in [4.78, 5) is 27.1. The molecule has 2 atom stereocenters. The summed E-state index contributed by atoms with van der Waals surface area (Å²) in [6, 6.07) is 51.3. The number of hydrogen-bond acceptors (Lipinski definition) is 2. The first-order chi connectivity index (χ1) is 24.3. The molecule has 50 heavy (non-hydrogen) atoms. The van der Waals surface area contributed by atoms with Gasteiger partial charge in [0.05, 0.1) is 5.57 Å². The van der Waals surface area contributed by atoms with Gasteiger partial charge in [0.15, 0.2) is 11.6 Å². The molecule has 7 aromatic rings. The zero-order valence-corrected chi connectivity index (χ0v) is 28.4. The summed E-state index contributed by atoms with van der Waals surface area (Å²) in [7, 11) is 0. The van der Waals surface area contributed by atoms with Crippen LogP contribution in [0.5, 0.6) is 0 Å². The molecule has 9 rings (SSSR count). The summed E-state index contributed by atoms with van der Waals surface area (Å²) >= 11 is 0. The number of carbonyl (C=O) groups is 2. The minimum Gasteiger partial charge on any atom is -0.288 e. The molecule has 2 aliphatic carbocycles. The maximum Gasteiger partial charge on any atom is 0.197 e. The van der Waals surface area contributed by atoms with Gasteiger partial charge in [0.1, 0.15) is 0 Å². The molecule has 2 unspecified atom stereocenters. The third-order valence-corrected chi connectivity index (χ3v) is 11.2. The van der Waals surface area contributed by atoms with E-state index in [0.717, 1.165) is 16.3 Å². The van der Waals surface area contributed by atoms with E-state index in [1.807, 2.05) is 42.5 Å². The molecule has 0 spiro atoms. The molecule has 0 heterocycles. The molecule has 0 amide bonds. The SMILES string of the molecule is CC(c1ccccc1)C(c1ccccc1)c1ccc2cc3c(cc2c1)C(C)(C)c1cc(C=C2C(=O)c4cc5ccccc5cc4C2=O)ccc1-3. The summed E-state index contributed by atoms with van der Waals surface area (Å²) < 4.78 is 0. The van der Waals surface area contributed by atoms with Gasteiger partial charge in [-0.25, -0.2) is 0 Å². The van der Waals surface area contributed by atoms with Crippen LogP contribution in [0.1, 0.15) is 86.7 Å². The Morgan fingerprint density at radius 3 is 1.70 bits per heavy atom. The van der Waals surface area contributed by atoms with Crippen LogP contribution in [0, 0.1) is 0 Å². The van der Waals surface area contributed by atoms with Gasteiger partial charge in [0.2, 0.25) is 0 Å². The highest BCUT2D eigenvalue weighted by molar-refractivity contribution is 6.42. The summed E-state index contributed by atoms with van der Waals surface area (Å²) in [5, 5.41) is 4.38. The Bertz CT molecular complexity index is 2500. The average Bonchev–Trinajstić information content (AvgIpc) is 3.50. The summed E-state index contributed by atoms with van der Waals surface area (Å²) in [5.74, 6) is 0.110. The molecule has 0 radical (unpaired) electrons. The van der Waals surface area contributed by atoms with Gasteiger partial charge >= 0.3 is 0 Å². The molecule has 0 bridgehead atoms. The highest BCUT2D eigenvalue weighted by Gasteiger charge is 2.37. The topological polar surface area (TPSA) is 34.1 Å². The Morgan fingerprint density at radius 1 is 0.480 bits per heavy atom. The second kappa shape index (κ2) is 11.4. The molecule has 2 aliphatic rings. The normalized spacial score (nSPS) is 15.5. The van der Waals surface area contributed by atoms with Crippen molar-refractivity contribution in [3.05, 3.63) is 196 Å². The fourth-order valence-electron chi connectivity index (χ4n) is 8.48. The number of Topliss-reactive ketones (excluding diaryl/α,β-unsaturated/α-hetero) is 2. The van der Waals surface area contributed by atoms with Crippen molar-refractivity contribution >= 4 is 39.2 Å². The molecule has 7 aromatic carbocycles. The molecule has 0 saturated heterocycles. The molecular formula is C48H36O2. The van der Waals surface area contributed by atoms with E-state index in [9.17, 15) is 9.59 Å². The van der Waals surface area contributed by atoms with E-state index in [1.54, 1.807) is 6.08 Å². The van der Waals surface area contributed by atoms with Crippen LogP contribution in [0.25, 0.3) is 38.7 Å². The standard InChI is InChI=1S/C48H36O2/c1-29(31-12-6-4-7-13-31)45(32-14-8-5-9-15-32)36-20-19-35-25-39-38-21-18-30(23-43(38)48(2,3)44(39)28-37(35)24-36)22-42-46(49)40-26-33-16-10-11-17-34(33)27-41(40)47(42)50/h4-29,45H,1-3H3. The number of benzene rings is 7. The van der Waals surface area contributed by atoms with Gasteiger partial charge in [0.25, 0.3) is 0 Å². The highest BCUT2D eigenvalue weighted by Crippen LogP contribution is 2.51. The van der Waals surface area contributed by atoms with Gasteiger partial charge in [-0.3, -0.25) is 9.59 Å². The maximum absolute atomic E-state index is 13.5. The molecule has 2 nitrogen and oxygen atoms in total. The van der Waals surface area contributed by atoms with Crippen molar-refractivity contribution in [1.29, 1.82) is 0 Å². The Balaban J connectivity index is 1.09. The fourth-order valence-corrected chi connectivity index (χ4v) is 8.48. The lowest BCUT2D eigenvalue weighted by Crippen LogP contribution is -2.15. The first-order valence-electron chi connectivity index (χ1n) is 17.4. The van der Waals surface area contributed by atoms with E-state index >= 15 is 0 Å². The number of rotatable bonds is 5. The molecule has 0 aliphatic heterocycles. The van der Waals surface area contributed by atoms with E-state index in [2.05, 4.69) is 124 Å². The molecular weight excluding hydrogens is 609 g/mol. The van der Waals surface area contributed by atoms with Gasteiger partial charge in [-0.15, -0.1) is 0 Å². The van der Waals surface area contributed by atoms with Crippen molar-refractivity contribution in [3.63, 3.8) is 0 Å². The summed E-state index contributed by atoms with van der Waals surface area (Å²) in [6.45, 7) is 6.89. The van der Waals surface area contributed by atoms with Gasteiger partial charge in [-0.2, -0.15) is 0 Å². The minimum atomic E-state index is -0.260. The lowest BCUT2D eigenvalue weighted by molar-refractivity contribution is 0.0990.